The Balaban J connectivity index is 1.70. The summed E-state index contributed by atoms with van der Waals surface area (Å²) in [6.07, 6.45) is 0. The Morgan fingerprint density at radius 2 is 1.93 bits per heavy atom. The molecule has 1 atom stereocenters. The summed E-state index contributed by atoms with van der Waals surface area (Å²) in [5.41, 5.74) is 2.61. The lowest BCUT2D eigenvalue weighted by atomic mass is 10.1. The Morgan fingerprint density at radius 3 is 2.59 bits per heavy atom. The number of benzene rings is 1. The summed E-state index contributed by atoms with van der Waals surface area (Å²) in [4.78, 5) is 28.0. The number of hydrogen-bond donors (Lipinski definition) is 2. The molecule has 9 nitrogen and oxygen atoms in total. The summed E-state index contributed by atoms with van der Waals surface area (Å²) in [7, 11) is -3.00. The minimum Gasteiger partial charge on any atom is -0.491 e. The zero-order chi connectivity index (χ0) is 19.6. The van der Waals surface area contributed by atoms with Gasteiger partial charge in [-0.05, 0) is 19.1 Å². The number of sulfone groups is 1. The molecule has 0 bridgehead atoms. The molecule has 2 heterocycles. The molecule has 0 saturated carbocycles. The molecule has 148 valence electrons. The molecule has 3 rings (SSSR count). The largest absolute Gasteiger partial charge is 0.491 e. The van der Waals surface area contributed by atoms with Crippen LogP contribution in [0.2, 0.25) is 0 Å². The SMILES string of the molecule is C[C@@H](C(=O)N1CCOc2cc(C(=O)NO)ccc2C1)N1CCS(=O)(=O)CC1. The predicted octanol–water partition coefficient (Wildman–Crippen LogP) is -0.354. The van der Waals surface area contributed by atoms with Gasteiger partial charge in [-0.3, -0.25) is 19.7 Å². The second-order valence-corrected chi connectivity index (χ2v) is 9.04. The molecule has 27 heavy (non-hydrogen) atoms. The van der Waals surface area contributed by atoms with E-state index in [1.807, 2.05) is 4.90 Å². The van der Waals surface area contributed by atoms with Crippen molar-refractivity contribution in [2.45, 2.75) is 19.5 Å². The van der Waals surface area contributed by atoms with E-state index >= 15 is 0 Å². The maximum atomic E-state index is 12.9. The van der Waals surface area contributed by atoms with Crippen molar-refractivity contribution in [3.8, 4) is 5.75 Å². The van der Waals surface area contributed by atoms with Crippen molar-refractivity contribution in [1.29, 1.82) is 0 Å². The van der Waals surface area contributed by atoms with Crippen LogP contribution in [0.4, 0.5) is 0 Å². The van der Waals surface area contributed by atoms with Crippen LogP contribution in [0.3, 0.4) is 0 Å². The average molecular weight is 397 g/mol. The molecular weight excluding hydrogens is 374 g/mol. The van der Waals surface area contributed by atoms with E-state index in [1.54, 1.807) is 29.4 Å². The molecule has 0 unspecified atom stereocenters. The zero-order valence-corrected chi connectivity index (χ0v) is 15.9. The maximum Gasteiger partial charge on any atom is 0.274 e. The highest BCUT2D eigenvalue weighted by Crippen LogP contribution is 2.25. The van der Waals surface area contributed by atoms with Gasteiger partial charge >= 0.3 is 0 Å². The fourth-order valence-electron chi connectivity index (χ4n) is 3.30. The number of hydroxylamine groups is 1. The molecule has 1 aromatic rings. The fourth-order valence-corrected chi connectivity index (χ4v) is 4.53. The van der Waals surface area contributed by atoms with E-state index in [-0.39, 0.29) is 29.6 Å². The highest BCUT2D eigenvalue weighted by Gasteiger charge is 2.31. The first-order valence-corrected chi connectivity index (χ1v) is 10.6. The molecule has 2 N–H and O–H groups in total. The number of rotatable bonds is 3. The molecule has 2 aliphatic rings. The fraction of sp³-hybridized carbons (Fsp3) is 0.529. The van der Waals surface area contributed by atoms with Gasteiger partial charge in [0.05, 0.1) is 24.1 Å². The Hall–Kier alpha value is -2.17. The number of carbonyl (C=O) groups is 2. The van der Waals surface area contributed by atoms with E-state index in [0.717, 1.165) is 5.56 Å². The van der Waals surface area contributed by atoms with Crippen molar-refractivity contribution in [3.05, 3.63) is 29.3 Å². The first-order valence-electron chi connectivity index (χ1n) is 8.74. The molecule has 0 radical (unpaired) electrons. The van der Waals surface area contributed by atoms with Crippen LogP contribution in [0.1, 0.15) is 22.8 Å². The second-order valence-electron chi connectivity index (χ2n) is 6.74. The summed E-state index contributed by atoms with van der Waals surface area (Å²) in [6, 6.07) is 4.37. The lowest BCUT2D eigenvalue weighted by Crippen LogP contribution is -2.52. The highest BCUT2D eigenvalue weighted by molar-refractivity contribution is 7.91. The summed E-state index contributed by atoms with van der Waals surface area (Å²) >= 11 is 0. The van der Waals surface area contributed by atoms with Gasteiger partial charge in [0.2, 0.25) is 5.91 Å². The maximum absolute atomic E-state index is 12.9. The van der Waals surface area contributed by atoms with Gasteiger partial charge in [0.1, 0.15) is 12.4 Å². The van der Waals surface area contributed by atoms with Gasteiger partial charge in [0.15, 0.2) is 9.84 Å². The molecule has 2 aliphatic heterocycles. The van der Waals surface area contributed by atoms with Crippen molar-refractivity contribution >= 4 is 21.7 Å². The van der Waals surface area contributed by atoms with Crippen LogP contribution in [0.5, 0.6) is 5.75 Å². The van der Waals surface area contributed by atoms with E-state index in [1.165, 1.54) is 6.07 Å². The molecule has 1 fully saturated rings. The second kappa shape index (κ2) is 7.83. The first kappa shape index (κ1) is 19.6. The molecule has 0 spiro atoms. The Labute approximate surface area is 157 Å². The summed E-state index contributed by atoms with van der Waals surface area (Å²) in [5, 5.41) is 8.74. The van der Waals surface area contributed by atoms with Crippen LogP contribution in [-0.2, 0) is 21.2 Å². The van der Waals surface area contributed by atoms with Crippen LogP contribution in [0.25, 0.3) is 0 Å². The van der Waals surface area contributed by atoms with Crippen molar-refractivity contribution in [1.82, 2.24) is 15.3 Å². The van der Waals surface area contributed by atoms with Gasteiger partial charge in [-0.1, -0.05) is 6.07 Å². The van der Waals surface area contributed by atoms with Crippen LogP contribution in [0, 0.1) is 0 Å². The number of carbonyl (C=O) groups excluding carboxylic acids is 2. The topological polar surface area (TPSA) is 116 Å². The first-order chi connectivity index (χ1) is 12.8. The molecule has 2 amide bonds. The van der Waals surface area contributed by atoms with Gasteiger partial charge < -0.3 is 9.64 Å². The van der Waals surface area contributed by atoms with Gasteiger partial charge in [-0.15, -0.1) is 0 Å². The standard InChI is InChI=1S/C17H23N3O6S/c1-12(19-5-8-27(24,25)9-6-19)17(22)20-4-7-26-15-10-13(16(21)18-23)2-3-14(15)11-20/h2-3,10,12,23H,4-9,11H2,1H3,(H,18,21)/t12-/m0/s1. The molecule has 0 aromatic heterocycles. The van der Waals surface area contributed by atoms with E-state index < -0.39 is 21.8 Å². The zero-order valence-electron chi connectivity index (χ0n) is 15.1. The van der Waals surface area contributed by atoms with E-state index in [4.69, 9.17) is 9.94 Å². The van der Waals surface area contributed by atoms with Gasteiger partial charge in [-0.25, -0.2) is 13.9 Å². The monoisotopic (exact) mass is 397 g/mol. The normalized spacial score (nSPS) is 20.7. The molecular formula is C17H23N3O6S. The van der Waals surface area contributed by atoms with Gasteiger partial charge in [0.25, 0.3) is 5.91 Å². The van der Waals surface area contributed by atoms with Crippen molar-refractivity contribution < 1.29 is 28.0 Å². The Morgan fingerprint density at radius 1 is 1.22 bits per heavy atom. The van der Waals surface area contributed by atoms with Crippen LogP contribution >= 0.6 is 0 Å². The summed E-state index contributed by atoms with van der Waals surface area (Å²) in [6.45, 7) is 3.52. The predicted molar refractivity (Wildman–Crippen MR) is 96.3 cm³/mol. The minimum atomic E-state index is -3.00. The third-order valence-electron chi connectivity index (χ3n) is 5.01. The summed E-state index contributed by atoms with van der Waals surface area (Å²) < 4.78 is 28.8. The lowest BCUT2D eigenvalue weighted by molar-refractivity contribution is -0.137. The van der Waals surface area contributed by atoms with E-state index in [2.05, 4.69) is 0 Å². The van der Waals surface area contributed by atoms with E-state index in [9.17, 15) is 18.0 Å². The highest BCUT2D eigenvalue weighted by atomic mass is 32.2. The quantitative estimate of drug-likeness (QED) is 0.529. The number of nitrogens with one attached hydrogen (secondary N) is 1. The Kier molecular flexibility index (Phi) is 5.68. The van der Waals surface area contributed by atoms with Crippen LogP contribution < -0.4 is 10.2 Å². The minimum absolute atomic E-state index is 0.0757. The number of nitrogens with zero attached hydrogens (tertiary/aromatic N) is 2. The van der Waals surface area contributed by atoms with Crippen LogP contribution in [-0.4, -0.2) is 79.0 Å². The van der Waals surface area contributed by atoms with Gasteiger partial charge in [0, 0.05) is 30.8 Å². The number of ether oxygens (including phenoxy) is 1. The van der Waals surface area contributed by atoms with Crippen LogP contribution in [0.15, 0.2) is 18.2 Å². The molecule has 1 aromatic carbocycles. The van der Waals surface area contributed by atoms with Gasteiger partial charge in [-0.2, -0.15) is 0 Å². The number of hydrogen-bond acceptors (Lipinski definition) is 7. The van der Waals surface area contributed by atoms with Crippen molar-refractivity contribution in [2.24, 2.45) is 0 Å². The third-order valence-corrected chi connectivity index (χ3v) is 6.62. The number of fused-ring (bicyclic) bond motifs is 1. The Bertz CT molecular complexity index is 827. The van der Waals surface area contributed by atoms with Crippen molar-refractivity contribution in [2.75, 3.05) is 37.7 Å². The smallest absolute Gasteiger partial charge is 0.274 e. The molecule has 0 aliphatic carbocycles. The molecule has 1 saturated heterocycles. The summed E-state index contributed by atoms with van der Waals surface area (Å²) in [5.74, 6) is -0.0586. The average Bonchev–Trinajstić information content (AvgIpc) is 2.88. The molecule has 10 heteroatoms. The lowest BCUT2D eigenvalue weighted by Gasteiger charge is -2.34. The van der Waals surface area contributed by atoms with Crippen molar-refractivity contribution in [3.63, 3.8) is 0 Å². The third kappa shape index (κ3) is 4.40. The van der Waals surface area contributed by atoms with E-state index in [0.29, 0.717) is 31.9 Å². The number of amides is 2.